The standard InChI is InChI=1S/C14H26N2/c1-11(2)10-16-14-7-4-3-6-12(14)13-8-5-9-15-13/h12-16H,1,3-10H2,2H3. The van der Waals surface area contributed by atoms with E-state index in [-0.39, 0.29) is 0 Å². The van der Waals surface area contributed by atoms with Crippen LogP contribution in [-0.4, -0.2) is 25.2 Å². The minimum Gasteiger partial charge on any atom is -0.314 e. The average Bonchev–Trinajstić information content (AvgIpc) is 2.80. The molecule has 3 unspecified atom stereocenters. The van der Waals surface area contributed by atoms with E-state index < -0.39 is 0 Å². The summed E-state index contributed by atoms with van der Waals surface area (Å²) >= 11 is 0. The van der Waals surface area contributed by atoms with Gasteiger partial charge in [-0.25, -0.2) is 0 Å². The summed E-state index contributed by atoms with van der Waals surface area (Å²) in [7, 11) is 0. The Morgan fingerprint density at radius 1 is 1.25 bits per heavy atom. The fourth-order valence-corrected chi connectivity index (χ4v) is 3.28. The molecule has 1 saturated carbocycles. The molecule has 0 amide bonds. The Morgan fingerprint density at radius 2 is 2.06 bits per heavy atom. The molecular formula is C14H26N2. The van der Waals surface area contributed by atoms with Gasteiger partial charge in [-0.3, -0.25) is 0 Å². The van der Waals surface area contributed by atoms with E-state index in [0.29, 0.717) is 0 Å². The topological polar surface area (TPSA) is 24.1 Å². The molecule has 0 aromatic carbocycles. The normalized spacial score (nSPS) is 35.2. The van der Waals surface area contributed by atoms with Gasteiger partial charge < -0.3 is 10.6 Å². The van der Waals surface area contributed by atoms with Gasteiger partial charge in [0.2, 0.25) is 0 Å². The smallest absolute Gasteiger partial charge is 0.0161 e. The summed E-state index contributed by atoms with van der Waals surface area (Å²) in [4.78, 5) is 0. The van der Waals surface area contributed by atoms with Crippen LogP contribution in [0.5, 0.6) is 0 Å². The van der Waals surface area contributed by atoms with Gasteiger partial charge in [0, 0.05) is 18.6 Å². The Bertz CT molecular complexity index is 231. The molecule has 0 bridgehead atoms. The first-order chi connectivity index (χ1) is 7.77. The van der Waals surface area contributed by atoms with Gasteiger partial charge in [-0.2, -0.15) is 0 Å². The molecule has 2 aliphatic rings. The molecule has 0 radical (unpaired) electrons. The zero-order valence-electron chi connectivity index (χ0n) is 10.6. The Morgan fingerprint density at radius 3 is 2.75 bits per heavy atom. The van der Waals surface area contributed by atoms with E-state index in [0.717, 1.165) is 24.5 Å². The van der Waals surface area contributed by atoms with Crippen molar-refractivity contribution in [2.24, 2.45) is 5.92 Å². The van der Waals surface area contributed by atoms with Crippen molar-refractivity contribution in [3.05, 3.63) is 12.2 Å². The molecular weight excluding hydrogens is 196 g/mol. The minimum atomic E-state index is 0.723. The Labute approximate surface area is 99.9 Å². The van der Waals surface area contributed by atoms with Gasteiger partial charge >= 0.3 is 0 Å². The number of hydrogen-bond acceptors (Lipinski definition) is 2. The largest absolute Gasteiger partial charge is 0.314 e. The third-order valence-electron chi connectivity index (χ3n) is 4.10. The van der Waals surface area contributed by atoms with E-state index in [4.69, 9.17) is 0 Å². The van der Waals surface area contributed by atoms with Crippen molar-refractivity contribution < 1.29 is 0 Å². The van der Waals surface area contributed by atoms with E-state index in [1.807, 2.05) is 0 Å². The molecule has 2 heteroatoms. The second kappa shape index (κ2) is 5.83. The van der Waals surface area contributed by atoms with Crippen molar-refractivity contribution in [2.45, 2.75) is 57.5 Å². The van der Waals surface area contributed by atoms with Crippen molar-refractivity contribution >= 4 is 0 Å². The van der Waals surface area contributed by atoms with Crippen LogP contribution in [0.15, 0.2) is 12.2 Å². The molecule has 0 spiro atoms. The monoisotopic (exact) mass is 222 g/mol. The van der Waals surface area contributed by atoms with E-state index in [2.05, 4.69) is 24.1 Å². The maximum Gasteiger partial charge on any atom is 0.0161 e. The Kier molecular flexibility index (Phi) is 4.42. The maximum absolute atomic E-state index is 3.98. The molecule has 3 atom stereocenters. The molecule has 16 heavy (non-hydrogen) atoms. The highest BCUT2D eigenvalue weighted by molar-refractivity contribution is 4.96. The van der Waals surface area contributed by atoms with Crippen LogP contribution in [-0.2, 0) is 0 Å². The van der Waals surface area contributed by atoms with Crippen LogP contribution in [0.3, 0.4) is 0 Å². The van der Waals surface area contributed by atoms with Gasteiger partial charge in [-0.05, 0) is 45.1 Å². The predicted octanol–water partition coefficient (Wildman–Crippen LogP) is 2.46. The second-order valence-electron chi connectivity index (χ2n) is 5.60. The molecule has 0 aromatic rings. The van der Waals surface area contributed by atoms with Crippen molar-refractivity contribution in [3.8, 4) is 0 Å². The highest BCUT2D eigenvalue weighted by Crippen LogP contribution is 2.30. The number of hydrogen-bond donors (Lipinski definition) is 2. The lowest BCUT2D eigenvalue weighted by molar-refractivity contribution is 0.218. The first-order valence-electron chi connectivity index (χ1n) is 6.88. The Hall–Kier alpha value is -0.340. The highest BCUT2D eigenvalue weighted by Gasteiger charge is 2.32. The van der Waals surface area contributed by atoms with Gasteiger partial charge in [-0.1, -0.05) is 25.0 Å². The third-order valence-corrected chi connectivity index (χ3v) is 4.10. The first-order valence-corrected chi connectivity index (χ1v) is 6.88. The first kappa shape index (κ1) is 12.1. The average molecular weight is 222 g/mol. The molecule has 1 aliphatic heterocycles. The van der Waals surface area contributed by atoms with Crippen molar-refractivity contribution in [3.63, 3.8) is 0 Å². The SMILES string of the molecule is C=C(C)CNC1CCCCC1C1CCCN1. The lowest BCUT2D eigenvalue weighted by Crippen LogP contribution is -2.47. The van der Waals surface area contributed by atoms with E-state index >= 15 is 0 Å². The molecule has 0 aromatic heterocycles. The van der Waals surface area contributed by atoms with Crippen LogP contribution in [0.2, 0.25) is 0 Å². The van der Waals surface area contributed by atoms with Crippen LogP contribution < -0.4 is 10.6 Å². The zero-order chi connectivity index (χ0) is 11.4. The summed E-state index contributed by atoms with van der Waals surface area (Å²) in [5.41, 5.74) is 1.25. The van der Waals surface area contributed by atoms with E-state index in [9.17, 15) is 0 Å². The number of rotatable bonds is 4. The summed E-state index contributed by atoms with van der Waals surface area (Å²) in [6.07, 6.45) is 8.34. The molecule has 1 aliphatic carbocycles. The van der Waals surface area contributed by atoms with Gasteiger partial charge in [-0.15, -0.1) is 0 Å². The van der Waals surface area contributed by atoms with E-state index in [1.165, 1.54) is 50.6 Å². The molecule has 1 heterocycles. The predicted molar refractivity (Wildman–Crippen MR) is 69.6 cm³/mol. The minimum absolute atomic E-state index is 0.723. The molecule has 2 fully saturated rings. The lowest BCUT2D eigenvalue weighted by Gasteiger charge is -2.36. The summed E-state index contributed by atoms with van der Waals surface area (Å²) in [5, 5.41) is 7.39. The highest BCUT2D eigenvalue weighted by atomic mass is 15.0. The van der Waals surface area contributed by atoms with Crippen molar-refractivity contribution in [1.82, 2.24) is 10.6 Å². The third kappa shape index (κ3) is 3.08. The van der Waals surface area contributed by atoms with Crippen LogP contribution in [0.1, 0.15) is 45.4 Å². The maximum atomic E-state index is 3.98. The van der Waals surface area contributed by atoms with Gasteiger partial charge in [0.05, 0.1) is 0 Å². The summed E-state index contributed by atoms with van der Waals surface area (Å²) in [5.74, 6) is 0.857. The fraction of sp³-hybridized carbons (Fsp3) is 0.857. The molecule has 2 rings (SSSR count). The van der Waals surface area contributed by atoms with Gasteiger partial charge in [0.25, 0.3) is 0 Å². The summed E-state index contributed by atoms with van der Waals surface area (Å²) < 4.78 is 0. The number of nitrogens with one attached hydrogen (secondary N) is 2. The van der Waals surface area contributed by atoms with Crippen LogP contribution in [0.4, 0.5) is 0 Å². The summed E-state index contributed by atoms with van der Waals surface area (Å²) in [6.45, 7) is 8.32. The second-order valence-corrected chi connectivity index (χ2v) is 5.60. The van der Waals surface area contributed by atoms with E-state index in [1.54, 1.807) is 0 Å². The molecule has 2 N–H and O–H groups in total. The fourth-order valence-electron chi connectivity index (χ4n) is 3.28. The lowest BCUT2D eigenvalue weighted by atomic mass is 9.79. The van der Waals surface area contributed by atoms with Crippen molar-refractivity contribution in [1.29, 1.82) is 0 Å². The Balaban J connectivity index is 1.88. The van der Waals surface area contributed by atoms with Crippen LogP contribution in [0.25, 0.3) is 0 Å². The molecule has 2 nitrogen and oxygen atoms in total. The quantitative estimate of drug-likeness (QED) is 0.714. The molecule has 1 saturated heterocycles. The molecule has 92 valence electrons. The van der Waals surface area contributed by atoms with Crippen molar-refractivity contribution in [2.75, 3.05) is 13.1 Å². The van der Waals surface area contributed by atoms with Gasteiger partial charge in [0.1, 0.15) is 0 Å². The zero-order valence-corrected chi connectivity index (χ0v) is 10.6. The van der Waals surface area contributed by atoms with Crippen LogP contribution >= 0.6 is 0 Å². The summed E-state index contributed by atoms with van der Waals surface area (Å²) in [6, 6.07) is 1.50. The van der Waals surface area contributed by atoms with Gasteiger partial charge in [0.15, 0.2) is 0 Å². The van der Waals surface area contributed by atoms with Crippen LogP contribution in [0, 0.1) is 5.92 Å².